The van der Waals surface area contributed by atoms with E-state index < -0.39 is 0 Å². The molecule has 1 amide bonds. The molecule has 6 nitrogen and oxygen atoms in total. The van der Waals surface area contributed by atoms with Gasteiger partial charge < -0.3 is 10.2 Å². The number of nitrogens with zero attached hydrogens (tertiary/aromatic N) is 3. The van der Waals surface area contributed by atoms with E-state index in [1.54, 1.807) is 4.57 Å². The largest absolute Gasteiger partial charge is 0.352 e. The van der Waals surface area contributed by atoms with E-state index in [-0.39, 0.29) is 23.1 Å². The summed E-state index contributed by atoms with van der Waals surface area (Å²) in [5.74, 6) is 0.171. The van der Waals surface area contributed by atoms with Crippen LogP contribution in [0.3, 0.4) is 0 Å². The van der Waals surface area contributed by atoms with E-state index in [1.807, 2.05) is 43.1 Å². The van der Waals surface area contributed by atoms with Gasteiger partial charge in [-0.2, -0.15) is 0 Å². The molecule has 3 rings (SSSR count). The molecule has 25 heavy (non-hydrogen) atoms. The smallest absolute Gasteiger partial charge is 0.267 e. The van der Waals surface area contributed by atoms with E-state index >= 15 is 0 Å². The van der Waals surface area contributed by atoms with Gasteiger partial charge in [-0.05, 0) is 18.1 Å². The summed E-state index contributed by atoms with van der Waals surface area (Å²) >= 11 is 6.31. The highest BCUT2D eigenvalue weighted by molar-refractivity contribution is 6.31. The number of anilines is 1. The van der Waals surface area contributed by atoms with Crippen molar-refractivity contribution in [1.82, 2.24) is 14.9 Å². The molecule has 0 spiro atoms. The Bertz CT molecular complexity index is 849. The average molecular weight is 361 g/mol. The molecule has 1 atom stereocenters. The second-order valence-corrected chi connectivity index (χ2v) is 6.55. The van der Waals surface area contributed by atoms with Crippen molar-refractivity contribution in [3.63, 3.8) is 0 Å². The fourth-order valence-corrected chi connectivity index (χ4v) is 3.31. The fraction of sp³-hybridized carbons (Fsp3) is 0.389. The van der Waals surface area contributed by atoms with E-state index in [1.165, 1.54) is 6.20 Å². The van der Waals surface area contributed by atoms with Crippen molar-refractivity contribution < 1.29 is 4.79 Å². The number of hydrogen-bond acceptors (Lipinski definition) is 4. The standard InChI is InChI=1S/C18H21ClN4O2/c1-3-4-9-20-16(24)13-10-21-18-22(2)15(11-23(18)17(13)25)12-7-5-6-8-14(12)19/h5-8,10,15H,3-4,9,11H2,1-2H3,(H,20,24). The first-order valence-electron chi connectivity index (χ1n) is 8.40. The van der Waals surface area contributed by atoms with Crippen molar-refractivity contribution in [2.45, 2.75) is 32.4 Å². The maximum atomic E-state index is 12.7. The number of aromatic nitrogens is 2. The second kappa shape index (κ2) is 7.27. The van der Waals surface area contributed by atoms with Gasteiger partial charge in [0, 0.05) is 24.8 Å². The van der Waals surface area contributed by atoms with Gasteiger partial charge in [-0.15, -0.1) is 0 Å². The summed E-state index contributed by atoms with van der Waals surface area (Å²) in [5.41, 5.74) is 0.693. The molecule has 0 radical (unpaired) electrons. The molecule has 1 aliphatic rings. The van der Waals surface area contributed by atoms with Gasteiger partial charge in [0.15, 0.2) is 0 Å². The molecular formula is C18H21ClN4O2. The van der Waals surface area contributed by atoms with Gasteiger partial charge in [-0.1, -0.05) is 43.1 Å². The predicted molar refractivity (Wildman–Crippen MR) is 98.3 cm³/mol. The summed E-state index contributed by atoms with van der Waals surface area (Å²) < 4.78 is 1.54. The van der Waals surface area contributed by atoms with Crippen LogP contribution in [0.5, 0.6) is 0 Å². The van der Waals surface area contributed by atoms with Crippen LogP contribution in [0.25, 0.3) is 0 Å². The molecule has 0 bridgehead atoms. The van der Waals surface area contributed by atoms with Crippen LogP contribution in [0.1, 0.15) is 41.7 Å². The third-order valence-corrected chi connectivity index (χ3v) is 4.83. The maximum Gasteiger partial charge on any atom is 0.267 e. The van der Waals surface area contributed by atoms with Gasteiger partial charge in [0.25, 0.3) is 11.5 Å². The van der Waals surface area contributed by atoms with Crippen molar-refractivity contribution in [2.75, 3.05) is 18.5 Å². The SMILES string of the molecule is CCCCNC(=O)c1cnc2n(c1=O)CC(c1ccccc1Cl)N2C. The number of likely N-dealkylation sites (N-methyl/N-ethyl adjacent to an activating group) is 1. The van der Waals surface area contributed by atoms with Gasteiger partial charge in [-0.25, -0.2) is 4.98 Å². The van der Waals surface area contributed by atoms with Crippen molar-refractivity contribution in [3.05, 3.63) is 57.0 Å². The zero-order chi connectivity index (χ0) is 18.0. The Morgan fingerprint density at radius 3 is 2.88 bits per heavy atom. The van der Waals surface area contributed by atoms with Crippen LogP contribution in [0.2, 0.25) is 5.02 Å². The third kappa shape index (κ3) is 3.26. The number of unbranched alkanes of at least 4 members (excludes halogenated alkanes) is 1. The Kier molecular flexibility index (Phi) is 5.08. The second-order valence-electron chi connectivity index (χ2n) is 6.15. The topological polar surface area (TPSA) is 67.2 Å². The highest BCUT2D eigenvalue weighted by Gasteiger charge is 2.32. The summed E-state index contributed by atoms with van der Waals surface area (Å²) in [7, 11) is 1.88. The molecule has 1 aromatic heterocycles. The monoisotopic (exact) mass is 360 g/mol. The van der Waals surface area contributed by atoms with Crippen molar-refractivity contribution in [3.8, 4) is 0 Å². The first-order valence-corrected chi connectivity index (χ1v) is 8.77. The minimum atomic E-state index is -0.370. The number of halogens is 1. The Morgan fingerprint density at radius 1 is 1.40 bits per heavy atom. The number of benzene rings is 1. The van der Waals surface area contributed by atoms with Gasteiger partial charge in [0.2, 0.25) is 5.95 Å². The highest BCUT2D eigenvalue weighted by atomic mass is 35.5. The third-order valence-electron chi connectivity index (χ3n) is 4.49. The number of carbonyl (C=O) groups is 1. The van der Waals surface area contributed by atoms with E-state index in [2.05, 4.69) is 10.3 Å². The number of amides is 1. The van der Waals surface area contributed by atoms with Crippen molar-refractivity contribution in [1.29, 1.82) is 0 Å². The lowest BCUT2D eigenvalue weighted by Gasteiger charge is -2.21. The maximum absolute atomic E-state index is 12.7. The molecule has 1 aromatic carbocycles. The summed E-state index contributed by atoms with van der Waals surface area (Å²) in [6, 6.07) is 7.47. The Labute approximate surface area is 151 Å². The number of carbonyl (C=O) groups excluding carboxylic acids is 1. The molecule has 1 unspecified atom stereocenters. The number of fused-ring (bicyclic) bond motifs is 1. The first-order chi connectivity index (χ1) is 12.0. The summed E-state index contributed by atoms with van der Waals surface area (Å²) in [6.45, 7) is 3.01. The summed E-state index contributed by atoms with van der Waals surface area (Å²) in [4.78, 5) is 31.2. The Morgan fingerprint density at radius 2 is 2.16 bits per heavy atom. The molecular weight excluding hydrogens is 340 g/mol. The summed E-state index contributed by atoms with van der Waals surface area (Å²) in [6.07, 6.45) is 3.22. The van der Waals surface area contributed by atoms with E-state index in [4.69, 9.17) is 11.6 Å². The molecule has 0 aliphatic carbocycles. The van der Waals surface area contributed by atoms with Crippen LogP contribution in [0.15, 0.2) is 35.3 Å². The number of nitrogens with one attached hydrogen (secondary N) is 1. The van der Waals surface area contributed by atoms with Gasteiger partial charge in [0.1, 0.15) is 5.56 Å². The molecule has 0 saturated heterocycles. The predicted octanol–water partition coefficient (Wildman–Crippen LogP) is 2.62. The molecule has 1 N–H and O–H groups in total. The fourth-order valence-electron chi connectivity index (χ4n) is 3.05. The van der Waals surface area contributed by atoms with Crippen LogP contribution < -0.4 is 15.8 Å². The van der Waals surface area contributed by atoms with Gasteiger partial charge in [-0.3, -0.25) is 14.2 Å². The molecule has 0 fully saturated rings. The van der Waals surface area contributed by atoms with Crippen LogP contribution in [0.4, 0.5) is 5.95 Å². The molecule has 2 aromatic rings. The molecule has 7 heteroatoms. The zero-order valence-electron chi connectivity index (χ0n) is 14.3. The Hall–Kier alpha value is -2.34. The zero-order valence-corrected chi connectivity index (χ0v) is 15.1. The van der Waals surface area contributed by atoms with Crippen LogP contribution in [-0.2, 0) is 6.54 Å². The molecule has 1 aliphatic heterocycles. The quantitative estimate of drug-likeness (QED) is 0.832. The van der Waals surface area contributed by atoms with Gasteiger partial charge >= 0.3 is 0 Å². The molecule has 0 saturated carbocycles. The lowest BCUT2D eigenvalue weighted by Crippen LogP contribution is -2.33. The number of rotatable bonds is 5. The minimum absolute atomic E-state index is 0.0769. The van der Waals surface area contributed by atoms with Crippen LogP contribution >= 0.6 is 11.6 Å². The summed E-state index contributed by atoms with van der Waals surface area (Å²) in [5, 5.41) is 3.42. The van der Waals surface area contributed by atoms with E-state index in [0.29, 0.717) is 24.1 Å². The highest BCUT2D eigenvalue weighted by Crippen LogP contribution is 2.34. The normalized spacial score (nSPS) is 16.0. The molecule has 2 heterocycles. The lowest BCUT2D eigenvalue weighted by atomic mass is 10.1. The minimum Gasteiger partial charge on any atom is -0.352 e. The number of hydrogen-bond donors (Lipinski definition) is 1. The van der Waals surface area contributed by atoms with Crippen molar-refractivity contribution >= 4 is 23.5 Å². The van der Waals surface area contributed by atoms with Crippen molar-refractivity contribution in [2.24, 2.45) is 0 Å². The first kappa shape index (κ1) is 17.5. The lowest BCUT2D eigenvalue weighted by molar-refractivity contribution is 0.0950. The Balaban J connectivity index is 1.90. The van der Waals surface area contributed by atoms with E-state index in [0.717, 1.165) is 18.4 Å². The van der Waals surface area contributed by atoms with Gasteiger partial charge in [0.05, 0.1) is 12.6 Å². The molecule has 132 valence electrons. The van der Waals surface area contributed by atoms with Crippen LogP contribution in [0, 0.1) is 0 Å². The van der Waals surface area contributed by atoms with E-state index in [9.17, 15) is 9.59 Å². The van der Waals surface area contributed by atoms with Crippen LogP contribution in [-0.4, -0.2) is 29.1 Å². The average Bonchev–Trinajstić information content (AvgIpc) is 2.93.